The van der Waals surface area contributed by atoms with Crippen LogP contribution in [0.4, 0.5) is 5.69 Å². The fraction of sp³-hybridized carbons (Fsp3) is 0.0968. The molecule has 0 radical (unpaired) electrons. The van der Waals surface area contributed by atoms with Crippen molar-refractivity contribution in [3.63, 3.8) is 0 Å². The van der Waals surface area contributed by atoms with Crippen molar-refractivity contribution < 1.29 is 9.15 Å². The zero-order chi connectivity index (χ0) is 26.8. The van der Waals surface area contributed by atoms with Crippen LogP contribution >= 0.6 is 35.6 Å². The minimum Gasteiger partial charge on any atom is -0.457 e. The van der Waals surface area contributed by atoms with Crippen LogP contribution in [0.2, 0.25) is 5.02 Å². The Balaban J connectivity index is 1.31. The zero-order valence-electron chi connectivity index (χ0n) is 21.0. The predicted molar refractivity (Wildman–Crippen MR) is 160 cm³/mol. The van der Waals surface area contributed by atoms with Gasteiger partial charge in [-0.05, 0) is 104 Å². The summed E-state index contributed by atoms with van der Waals surface area (Å²) in [6.45, 7) is 2.03. The van der Waals surface area contributed by atoms with E-state index in [0.717, 1.165) is 44.2 Å². The molecule has 0 unspecified atom stereocenters. The van der Waals surface area contributed by atoms with Crippen molar-refractivity contribution in [2.45, 2.75) is 29.0 Å². The molecule has 3 heterocycles. The second kappa shape index (κ2) is 11.1. The summed E-state index contributed by atoms with van der Waals surface area (Å²) in [5, 5.41) is 5.57. The van der Waals surface area contributed by atoms with Crippen molar-refractivity contribution in [2.75, 3.05) is 4.90 Å². The monoisotopic (exact) mass is 569 g/mol. The molecule has 1 aliphatic heterocycles. The first-order valence-corrected chi connectivity index (χ1v) is 14.0. The molecule has 2 aromatic heterocycles. The van der Waals surface area contributed by atoms with Gasteiger partial charge < -0.3 is 19.4 Å². The van der Waals surface area contributed by atoms with E-state index >= 15 is 0 Å². The fourth-order valence-corrected chi connectivity index (χ4v) is 5.81. The number of hydrogen-bond acceptors (Lipinski definition) is 5. The molecule has 1 fully saturated rings. The second-order valence-corrected chi connectivity index (χ2v) is 11.0. The summed E-state index contributed by atoms with van der Waals surface area (Å²) in [6, 6.07) is 33.1. The van der Waals surface area contributed by atoms with Gasteiger partial charge in [0.15, 0.2) is 10.2 Å². The van der Waals surface area contributed by atoms with Crippen molar-refractivity contribution in [3.05, 3.63) is 131 Å². The number of para-hydroxylation sites is 1. The van der Waals surface area contributed by atoms with Gasteiger partial charge in [-0.3, -0.25) is 4.98 Å². The van der Waals surface area contributed by atoms with Crippen LogP contribution in [0.1, 0.15) is 29.1 Å². The van der Waals surface area contributed by atoms with Crippen LogP contribution in [0, 0.1) is 6.92 Å². The number of rotatable bonds is 7. The van der Waals surface area contributed by atoms with Crippen LogP contribution in [-0.2, 0) is 0 Å². The average molecular weight is 570 g/mol. The Bertz CT molecular complexity index is 1590. The lowest BCUT2D eigenvalue weighted by Gasteiger charge is -2.26. The van der Waals surface area contributed by atoms with Crippen LogP contribution in [0.25, 0.3) is 0 Å². The third-order valence-electron chi connectivity index (χ3n) is 6.46. The van der Waals surface area contributed by atoms with E-state index in [2.05, 4.69) is 15.2 Å². The van der Waals surface area contributed by atoms with Crippen LogP contribution in [-0.4, -0.2) is 10.1 Å². The largest absolute Gasteiger partial charge is 0.457 e. The van der Waals surface area contributed by atoms with Gasteiger partial charge in [-0.25, -0.2) is 0 Å². The van der Waals surface area contributed by atoms with Crippen molar-refractivity contribution in [1.29, 1.82) is 0 Å². The summed E-state index contributed by atoms with van der Waals surface area (Å²) in [5.74, 6) is 2.37. The number of aryl methyl sites for hydroxylation is 1. The molecule has 2 atom stereocenters. The van der Waals surface area contributed by atoms with E-state index in [1.54, 1.807) is 18.0 Å². The number of halogens is 1. The van der Waals surface area contributed by atoms with Crippen LogP contribution in [0.3, 0.4) is 0 Å². The minimum absolute atomic E-state index is 0.193. The number of pyridine rings is 1. The number of benzene rings is 3. The number of thiocarbonyl (C=S) groups is 1. The summed E-state index contributed by atoms with van der Waals surface area (Å²) in [6.07, 6.45) is 1.79. The molecule has 6 rings (SSSR count). The van der Waals surface area contributed by atoms with E-state index in [9.17, 15) is 0 Å². The van der Waals surface area contributed by atoms with Gasteiger partial charge in [-0.2, -0.15) is 0 Å². The Hall–Kier alpha value is -3.78. The molecule has 194 valence electrons. The van der Waals surface area contributed by atoms with Gasteiger partial charge in [-0.15, -0.1) is 0 Å². The first-order chi connectivity index (χ1) is 19.0. The summed E-state index contributed by atoms with van der Waals surface area (Å²) in [5.41, 5.74) is 2.89. The third kappa shape index (κ3) is 5.52. The van der Waals surface area contributed by atoms with Crippen molar-refractivity contribution >= 4 is 46.4 Å². The van der Waals surface area contributed by atoms with Gasteiger partial charge in [0.05, 0.1) is 11.7 Å². The van der Waals surface area contributed by atoms with Gasteiger partial charge in [0.2, 0.25) is 0 Å². The summed E-state index contributed by atoms with van der Waals surface area (Å²) in [7, 11) is 0. The Morgan fingerprint density at radius 3 is 2.44 bits per heavy atom. The molecule has 8 heteroatoms. The molecule has 1 saturated heterocycles. The Kier molecular flexibility index (Phi) is 7.28. The van der Waals surface area contributed by atoms with Crippen LogP contribution in [0.15, 0.2) is 124 Å². The molecule has 1 N–H and O–H groups in total. The fourth-order valence-electron chi connectivity index (χ4n) is 4.56. The van der Waals surface area contributed by atoms with Gasteiger partial charge in [0.25, 0.3) is 0 Å². The maximum atomic E-state index is 6.41. The van der Waals surface area contributed by atoms with Gasteiger partial charge in [0.1, 0.15) is 23.3 Å². The topological polar surface area (TPSA) is 50.5 Å². The molecule has 0 amide bonds. The van der Waals surface area contributed by atoms with Gasteiger partial charge in [-0.1, -0.05) is 47.6 Å². The first-order valence-electron chi connectivity index (χ1n) is 12.4. The summed E-state index contributed by atoms with van der Waals surface area (Å²) < 4.78 is 12.5. The molecule has 5 aromatic rings. The standard InChI is InChI=1S/C31H24ClN3O2S2/c1-20-6-2-3-8-26(20)36-23-13-11-22(12-14-23)35-30(29(34-31(35)38)25-7-4-5-19-33-25)27-17-18-28(37-27)39-24-15-9-21(32)10-16-24/h2-19,29-30H,1H3,(H,34,38)/t29-,30+/m0/s1. The van der Waals surface area contributed by atoms with Crippen molar-refractivity contribution in [3.8, 4) is 11.5 Å². The van der Waals surface area contributed by atoms with Gasteiger partial charge >= 0.3 is 0 Å². The van der Waals surface area contributed by atoms with Crippen LogP contribution in [0.5, 0.6) is 11.5 Å². The molecule has 0 spiro atoms. The molecule has 0 saturated carbocycles. The van der Waals surface area contributed by atoms with E-state index in [0.29, 0.717) is 10.1 Å². The lowest BCUT2D eigenvalue weighted by molar-refractivity contribution is 0.383. The highest BCUT2D eigenvalue weighted by Crippen LogP contribution is 2.44. The maximum absolute atomic E-state index is 6.41. The molecular formula is C31H24ClN3O2S2. The molecule has 0 bridgehead atoms. The van der Waals surface area contributed by atoms with E-state index in [1.807, 2.05) is 110 Å². The minimum atomic E-state index is -0.241. The quantitative estimate of drug-likeness (QED) is 0.197. The third-order valence-corrected chi connectivity index (χ3v) is 7.96. The molecule has 1 aliphatic rings. The number of aromatic nitrogens is 1. The van der Waals surface area contributed by atoms with Crippen molar-refractivity contribution in [1.82, 2.24) is 10.3 Å². The van der Waals surface area contributed by atoms with E-state index in [-0.39, 0.29) is 12.1 Å². The number of hydrogen-bond donors (Lipinski definition) is 1. The Morgan fingerprint density at radius 1 is 0.923 bits per heavy atom. The van der Waals surface area contributed by atoms with Crippen molar-refractivity contribution in [2.24, 2.45) is 0 Å². The second-order valence-electron chi connectivity index (χ2n) is 9.07. The number of nitrogens with one attached hydrogen (secondary N) is 1. The molecule has 5 nitrogen and oxygen atoms in total. The van der Waals surface area contributed by atoms with E-state index in [1.165, 1.54) is 0 Å². The highest BCUT2D eigenvalue weighted by molar-refractivity contribution is 7.99. The summed E-state index contributed by atoms with van der Waals surface area (Å²) in [4.78, 5) is 7.75. The number of nitrogens with zero attached hydrogens (tertiary/aromatic N) is 2. The number of ether oxygens (including phenoxy) is 1. The van der Waals surface area contributed by atoms with E-state index in [4.69, 9.17) is 33.0 Å². The average Bonchev–Trinajstić information content (AvgIpc) is 3.56. The summed E-state index contributed by atoms with van der Waals surface area (Å²) >= 11 is 13.5. The normalized spacial score (nSPS) is 16.8. The molecule has 0 aliphatic carbocycles. The van der Waals surface area contributed by atoms with Gasteiger partial charge in [0, 0.05) is 21.8 Å². The highest BCUT2D eigenvalue weighted by Gasteiger charge is 2.42. The molecule has 3 aromatic carbocycles. The lowest BCUT2D eigenvalue weighted by Crippen LogP contribution is -2.29. The molecular weight excluding hydrogens is 546 g/mol. The Labute approximate surface area is 241 Å². The molecule has 39 heavy (non-hydrogen) atoms. The lowest BCUT2D eigenvalue weighted by atomic mass is 10.0. The highest BCUT2D eigenvalue weighted by atomic mass is 35.5. The maximum Gasteiger partial charge on any atom is 0.174 e. The van der Waals surface area contributed by atoms with E-state index < -0.39 is 0 Å². The predicted octanol–water partition coefficient (Wildman–Crippen LogP) is 8.76. The van der Waals surface area contributed by atoms with Crippen LogP contribution < -0.4 is 15.0 Å². The number of furan rings is 1. The smallest absolute Gasteiger partial charge is 0.174 e. The SMILES string of the molecule is Cc1ccccc1Oc1ccc(N2C(=S)N[C@@H](c3ccccn3)[C@H]2c2ccc(Sc3ccc(Cl)cc3)o2)cc1. The Morgan fingerprint density at radius 2 is 1.69 bits per heavy atom. The number of anilines is 1. The first kappa shape index (κ1) is 25.5. The zero-order valence-corrected chi connectivity index (χ0v) is 23.3.